The standard InChI is InChI=1S/C13H10BrN.C12H9N/c1-15-12-5-3-2-4-10(12)11-8-9(14)6-7-13(11)15;1-3-7-11-9(5-1)10-6-2-4-8-12(10)13-11/h2-8H,1H3;1-8,13H. The number of halogens is 1. The van der Waals surface area contributed by atoms with E-state index in [2.05, 4.69) is 124 Å². The molecule has 2 aromatic heterocycles. The van der Waals surface area contributed by atoms with E-state index in [9.17, 15) is 0 Å². The molecule has 28 heavy (non-hydrogen) atoms. The number of benzene rings is 4. The number of aromatic amines is 1. The van der Waals surface area contributed by atoms with Crippen LogP contribution >= 0.6 is 15.9 Å². The first-order valence-electron chi connectivity index (χ1n) is 9.30. The first-order valence-corrected chi connectivity index (χ1v) is 10.1. The zero-order chi connectivity index (χ0) is 19.1. The normalized spacial score (nSPS) is 11.2. The molecule has 0 spiro atoms. The van der Waals surface area contributed by atoms with Gasteiger partial charge in [0.15, 0.2) is 0 Å². The zero-order valence-corrected chi connectivity index (χ0v) is 17.1. The number of hydrogen-bond acceptors (Lipinski definition) is 0. The summed E-state index contributed by atoms with van der Waals surface area (Å²) in [5.41, 5.74) is 4.98. The third-order valence-corrected chi connectivity index (χ3v) is 5.78. The SMILES string of the molecule is Cn1c2ccccc2c2cc(Br)ccc21.c1ccc2c(c1)[nH]c1ccccc12. The maximum atomic E-state index is 3.52. The summed E-state index contributed by atoms with van der Waals surface area (Å²) in [5, 5.41) is 5.23. The van der Waals surface area contributed by atoms with Crippen LogP contribution in [0.5, 0.6) is 0 Å². The summed E-state index contributed by atoms with van der Waals surface area (Å²) in [6, 6.07) is 31.7. The average Bonchev–Trinajstić information content (AvgIpc) is 3.25. The molecule has 1 N–H and O–H groups in total. The van der Waals surface area contributed by atoms with Crippen LogP contribution in [-0.2, 0) is 7.05 Å². The monoisotopic (exact) mass is 426 g/mol. The number of hydrogen-bond donors (Lipinski definition) is 1. The largest absolute Gasteiger partial charge is 0.355 e. The molecular weight excluding hydrogens is 408 g/mol. The molecule has 0 radical (unpaired) electrons. The van der Waals surface area contributed by atoms with Crippen LogP contribution in [0.25, 0.3) is 43.6 Å². The third-order valence-electron chi connectivity index (χ3n) is 5.29. The number of aryl methyl sites for hydroxylation is 1. The molecule has 2 nitrogen and oxygen atoms in total. The highest BCUT2D eigenvalue weighted by Crippen LogP contribution is 2.29. The summed E-state index contributed by atoms with van der Waals surface area (Å²) in [4.78, 5) is 3.38. The van der Waals surface area contributed by atoms with Crippen LogP contribution in [0.2, 0.25) is 0 Å². The molecule has 4 aromatic carbocycles. The van der Waals surface area contributed by atoms with Gasteiger partial charge in [-0.15, -0.1) is 0 Å². The van der Waals surface area contributed by atoms with Crippen molar-refractivity contribution in [3.63, 3.8) is 0 Å². The molecule has 3 heteroatoms. The number of nitrogens with one attached hydrogen (secondary N) is 1. The van der Waals surface area contributed by atoms with Gasteiger partial charge in [0, 0.05) is 55.1 Å². The Labute approximate surface area is 171 Å². The minimum atomic E-state index is 1.13. The van der Waals surface area contributed by atoms with E-state index >= 15 is 0 Å². The van der Waals surface area contributed by atoms with Crippen molar-refractivity contribution in [1.82, 2.24) is 9.55 Å². The van der Waals surface area contributed by atoms with Crippen molar-refractivity contribution in [2.24, 2.45) is 7.05 Å². The molecule has 0 aliphatic heterocycles. The first kappa shape index (κ1) is 17.1. The predicted molar refractivity (Wildman–Crippen MR) is 124 cm³/mol. The fourth-order valence-electron chi connectivity index (χ4n) is 3.94. The van der Waals surface area contributed by atoms with E-state index in [4.69, 9.17) is 0 Å². The number of rotatable bonds is 0. The van der Waals surface area contributed by atoms with Gasteiger partial charge < -0.3 is 9.55 Å². The molecule has 0 aliphatic rings. The van der Waals surface area contributed by atoms with Gasteiger partial charge in [-0.1, -0.05) is 70.5 Å². The number of H-pyrrole nitrogens is 1. The van der Waals surface area contributed by atoms with Crippen molar-refractivity contribution >= 4 is 59.5 Å². The lowest BCUT2D eigenvalue weighted by molar-refractivity contribution is 1.01. The maximum Gasteiger partial charge on any atom is 0.0489 e. The van der Waals surface area contributed by atoms with Crippen molar-refractivity contribution < 1.29 is 0 Å². The maximum absolute atomic E-state index is 3.52. The Morgan fingerprint density at radius 3 is 1.82 bits per heavy atom. The van der Waals surface area contributed by atoms with Crippen LogP contribution in [0.1, 0.15) is 0 Å². The second-order valence-corrected chi connectivity index (χ2v) is 7.87. The van der Waals surface area contributed by atoms with Crippen molar-refractivity contribution in [2.45, 2.75) is 0 Å². The fourth-order valence-corrected chi connectivity index (χ4v) is 4.30. The molecule has 136 valence electrons. The number of nitrogens with zero attached hydrogens (tertiary/aromatic N) is 1. The summed E-state index contributed by atoms with van der Waals surface area (Å²) in [6.45, 7) is 0. The van der Waals surface area contributed by atoms with Gasteiger partial charge in [0.05, 0.1) is 0 Å². The second-order valence-electron chi connectivity index (χ2n) is 6.95. The van der Waals surface area contributed by atoms with Gasteiger partial charge in [-0.3, -0.25) is 0 Å². The van der Waals surface area contributed by atoms with E-state index < -0.39 is 0 Å². The predicted octanol–water partition coefficient (Wildman–Crippen LogP) is 7.42. The van der Waals surface area contributed by atoms with Crippen LogP contribution in [0.3, 0.4) is 0 Å². The number of para-hydroxylation sites is 3. The minimum Gasteiger partial charge on any atom is -0.355 e. The van der Waals surface area contributed by atoms with Gasteiger partial charge in [0.25, 0.3) is 0 Å². The van der Waals surface area contributed by atoms with Crippen LogP contribution in [-0.4, -0.2) is 9.55 Å². The van der Waals surface area contributed by atoms with Gasteiger partial charge in [0.2, 0.25) is 0 Å². The molecule has 0 unspecified atom stereocenters. The molecule has 2 heterocycles. The molecule has 6 rings (SSSR count). The van der Waals surface area contributed by atoms with Crippen molar-refractivity contribution in [1.29, 1.82) is 0 Å². The highest BCUT2D eigenvalue weighted by Gasteiger charge is 2.06. The molecule has 0 amide bonds. The highest BCUT2D eigenvalue weighted by atomic mass is 79.9. The van der Waals surface area contributed by atoms with Gasteiger partial charge in [-0.2, -0.15) is 0 Å². The van der Waals surface area contributed by atoms with Crippen molar-refractivity contribution in [3.05, 3.63) is 95.5 Å². The Morgan fingerprint density at radius 1 is 0.607 bits per heavy atom. The average molecular weight is 427 g/mol. The lowest BCUT2D eigenvalue weighted by Gasteiger charge is -1.96. The Bertz CT molecular complexity index is 1390. The summed E-state index contributed by atoms with van der Waals surface area (Å²) < 4.78 is 3.36. The van der Waals surface area contributed by atoms with E-state index in [0.29, 0.717) is 0 Å². The number of fused-ring (bicyclic) bond motifs is 6. The molecule has 0 atom stereocenters. The summed E-state index contributed by atoms with van der Waals surface area (Å²) >= 11 is 3.52. The second kappa shape index (κ2) is 6.84. The third kappa shape index (κ3) is 2.79. The highest BCUT2D eigenvalue weighted by molar-refractivity contribution is 9.10. The Morgan fingerprint density at radius 2 is 1.14 bits per heavy atom. The lowest BCUT2D eigenvalue weighted by atomic mass is 10.2. The quantitative estimate of drug-likeness (QED) is 0.261. The van der Waals surface area contributed by atoms with E-state index in [1.807, 2.05) is 0 Å². The molecule has 0 bridgehead atoms. The van der Waals surface area contributed by atoms with Crippen LogP contribution in [0.4, 0.5) is 0 Å². The molecule has 0 saturated heterocycles. The summed E-state index contributed by atoms with van der Waals surface area (Å²) in [5.74, 6) is 0. The van der Waals surface area contributed by atoms with Crippen molar-refractivity contribution in [3.8, 4) is 0 Å². The van der Waals surface area contributed by atoms with Gasteiger partial charge in [-0.25, -0.2) is 0 Å². The summed E-state index contributed by atoms with van der Waals surface area (Å²) in [7, 11) is 2.11. The number of aromatic nitrogens is 2. The summed E-state index contributed by atoms with van der Waals surface area (Å²) in [6.07, 6.45) is 0. The van der Waals surface area contributed by atoms with Crippen LogP contribution in [0.15, 0.2) is 95.5 Å². The molecule has 6 aromatic rings. The Hall–Kier alpha value is -3.04. The van der Waals surface area contributed by atoms with Crippen molar-refractivity contribution in [2.75, 3.05) is 0 Å². The van der Waals surface area contributed by atoms with E-state index in [1.54, 1.807) is 0 Å². The zero-order valence-electron chi connectivity index (χ0n) is 15.5. The molecule has 0 aliphatic carbocycles. The van der Waals surface area contributed by atoms with Gasteiger partial charge >= 0.3 is 0 Å². The van der Waals surface area contributed by atoms with E-state index in [0.717, 1.165) is 4.47 Å². The molecule has 0 fully saturated rings. The smallest absolute Gasteiger partial charge is 0.0489 e. The van der Waals surface area contributed by atoms with E-state index in [-0.39, 0.29) is 0 Å². The fraction of sp³-hybridized carbons (Fsp3) is 0.0400. The Kier molecular flexibility index (Phi) is 4.18. The van der Waals surface area contributed by atoms with Crippen LogP contribution < -0.4 is 0 Å². The lowest BCUT2D eigenvalue weighted by Crippen LogP contribution is -1.85. The molecular formula is C25H19BrN2. The molecule has 0 saturated carbocycles. The van der Waals surface area contributed by atoms with E-state index in [1.165, 1.54) is 43.6 Å². The minimum absolute atomic E-state index is 1.13. The Balaban J connectivity index is 0.000000123. The first-order chi connectivity index (χ1) is 13.7. The van der Waals surface area contributed by atoms with Crippen LogP contribution in [0, 0.1) is 0 Å². The van der Waals surface area contributed by atoms with Gasteiger partial charge in [0.1, 0.15) is 0 Å². The van der Waals surface area contributed by atoms with Gasteiger partial charge in [-0.05, 0) is 36.4 Å². The topological polar surface area (TPSA) is 20.7 Å².